The minimum atomic E-state index is -0.296. The number of amides is 1. The molecule has 2 rings (SSSR count). The van der Waals surface area contributed by atoms with Crippen LogP contribution >= 0.6 is 0 Å². The Hall–Kier alpha value is -0.610. The lowest BCUT2D eigenvalue weighted by Crippen LogP contribution is -2.43. The maximum atomic E-state index is 12.1. The normalized spacial score (nSPS) is 33.3. The van der Waals surface area contributed by atoms with E-state index in [0.29, 0.717) is 6.54 Å². The van der Waals surface area contributed by atoms with Gasteiger partial charge in [0.25, 0.3) is 0 Å². The van der Waals surface area contributed by atoms with E-state index in [-0.39, 0.29) is 17.9 Å². The third kappa shape index (κ3) is 2.49. The summed E-state index contributed by atoms with van der Waals surface area (Å²) in [5.41, 5.74) is 0. The van der Waals surface area contributed by atoms with Gasteiger partial charge in [0.15, 0.2) is 0 Å². The van der Waals surface area contributed by atoms with Crippen LogP contribution in [-0.2, 0) is 4.79 Å². The molecule has 0 aliphatic carbocycles. The second-order valence-corrected chi connectivity index (χ2v) is 4.83. The van der Waals surface area contributed by atoms with E-state index in [1.807, 2.05) is 4.90 Å². The topological polar surface area (TPSA) is 43.8 Å². The molecule has 0 saturated carbocycles. The largest absolute Gasteiger partial charge is 0.391 e. The Bertz CT molecular complexity index is 245. The molecule has 2 aliphatic heterocycles. The molecule has 0 aromatic heterocycles. The molecule has 2 atom stereocenters. The maximum absolute atomic E-state index is 12.1. The first-order chi connectivity index (χ1) is 7.16. The van der Waals surface area contributed by atoms with E-state index in [1.165, 1.54) is 0 Å². The smallest absolute Gasteiger partial charge is 0.227 e. The van der Waals surface area contributed by atoms with E-state index in [4.69, 9.17) is 0 Å². The van der Waals surface area contributed by atoms with Gasteiger partial charge in [-0.3, -0.25) is 4.79 Å². The molecule has 2 unspecified atom stereocenters. The van der Waals surface area contributed by atoms with E-state index in [0.717, 1.165) is 38.9 Å². The first-order valence-electron chi connectivity index (χ1n) is 5.82. The van der Waals surface area contributed by atoms with Crippen molar-refractivity contribution in [1.82, 2.24) is 9.80 Å². The zero-order valence-electron chi connectivity index (χ0n) is 9.35. The number of carbonyl (C=O) groups is 1. The molecule has 2 heterocycles. The second kappa shape index (κ2) is 4.49. The van der Waals surface area contributed by atoms with Crippen molar-refractivity contribution in [2.75, 3.05) is 33.2 Å². The molecule has 15 heavy (non-hydrogen) atoms. The fraction of sp³-hybridized carbons (Fsp3) is 0.909. The number of rotatable bonds is 1. The maximum Gasteiger partial charge on any atom is 0.227 e. The first kappa shape index (κ1) is 10.9. The minimum absolute atomic E-state index is 0.161. The molecule has 0 aromatic rings. The molecule has 1 N–H and O–H groups in total. The van der Waals surface area contributed by atoms with E-state index in [1.54, 1.807) is 0 Å². The molecule has 0 spiro atoms. The van der Waals surface area contributed by atoms with Crippen molar-refractivity contribution in [3.05, 3.63) is 0 Å². The van der Waals surface area contributed by atoms with Crippen LogP contribution in [0.4, 0.5) is 0 Å². The lowest BCUT2D eigenvalue weighted by molar-refractivity contribution is -0.136. The SMILES string of the molecule is CN1CCCC(C(=O)N2CCC(O)C2)C1. The Kier molecular flexibility index (Phi) is 3.26. The fourth-order valence-corrected chi connectivity index (χ4v) is 2.57. The number of likely N-dealkylation sites (tertiary alicyclic amines) is 2. The van der Waals surface area contributed by atoms with Crippen molar-refractivity contribution in [3.63, 3.8) is 0 Å². The molecule has 2 fully saturated rings. The molecular formula is C11H20N2O2. The van der Waals surface area contributed by atoms with E-state index >= 15 is 0 Å². The van der Waals surface area contributed by atoms with Gasteiger partial charge in [0.05, 0.1) is 12.0 Å². The van der Waals surface area contributed by atoms with E-state index in [2.05, 4.69) is 11.9 Å². The third-order valence-electron chi connectivity index (χ3n) is 3.45. The number of hydrogen-bond acceptors (Lipinski definition) is 3. The summed E-state index contributed by atoms with van der Waals surface area (Å²) < 4.78 is 0. The third-order valence-corrected chi connectivity index (χ3v) is 3.45. The molecule has 1 amide bonds. The zero-order chi connectivity index (χ0) is 10.8. The van der Waals surface area contributed by atoms with Crippen LogP contribution in [0.2, 0.25) is 0 Å². The van der Waals surface area contributed by atoms with Crippen LogP contribution in [0.1, 0.15) is 19.3 Å². The Morgan fingerprint density at radius 2 is 2.07 bits per heavy atom. The quantitative estimate of drug-likeness (QED) is 0.661. The first-order valence-corrected chi connectivity index (χ1v) is 5.82. The lowest BCUT2D eigenvalue weighted by atomic mass is 9.97. The number of aliphatic hydroxyl groups excluding tert-OH is 1. The Balaban J connectivity index is 1.89. The number of piperidine rings is 1. The van der Waals surface area contributed by atoms with Gasteiger partial charge in [-0.15, -0.1) is 0 Å². The molecule has 2 aliphatic rings. The Labute approximate surface area is 90.9 Å². The van der Waals surface area contributed by atoms with Gasteiger partial charge in [0.1, 0.15) is 0 Å². The second-order valence-electron chi connectivity index (χ2n) is 4.83. The number of β-amino-alcohol motifs (C(OH)–C–C–N with tert-alkyl or cyclic N) is 1. The standard InChI is InChI=1S/C11H20N2O2/c1-12-5-2-3-9(7-12)11(15)13-6-4-10(14)8-13/h9-10,14H,2-8H2,1H3. The van der Waals surface area contributed by atoms with Crippen LogP contribution in [-0.4, -0.2) is 60.1 Å². The Morgan fingerprint density at radius 1 is 1.27 bits per heavy atom. The molecule has 4 heteroatoms. The summed E-state index contributed by atoms with van der Waals surface area (Å²) in [5, 5.41) is 9.39. The Morgan fingerprint density at radius 3 is 2.67 bits per heavy atom. The van der Waals surface area contributed by atoms with Crippen LogP contribution in [0.3, 0.4) is 0 Å². The molecule has 4 nitrogen and oxygen atoms in total. The van der Waals surface area contributed by atoms with Gasteiger partial charge in [-0.25, -0.2) is 0 Å². The molecular weight excluding hydrogens is 192 g/mol. The summed E-state index contributed by atoms with van der Waals surface area (Å²) in [6.07, 6.45) is 2.57. The van der Waals surface area contributed by atoms with Crippen LogP contribution in [0.25, 0.3) is 0 Å². The lowest BCUT2D eigenvalue weighted by Gasteiger charge is -2.31. The molecule has 2 saturated heterocycles. The predicted molar refractivity (Wildman–Crippen MR) is 57.4 cm³/mol. The summed E-state index contributed by atoms with van der Waals surface area (Å²) in [4.78, 5) is 16.1. The summed E-state index contributed by atoms with van der Waals surface area (Å²) in [5.74, 6) is 0.409. The highest BCUT2D eigenvalue weighted by Crippen LogP contribution is 2.20. The van der Waals surface area contributed by atoms with Crippen molar-refractivity contribution in [1.29, 1.82) is 0 Å². The molecule has 86 valence electrons. The van der Waals surface area contributed by atoms with Crippen LogP contribution in [0, 0.1) is 5.92 Å². The number of nitrogens with zero attached hydrogens (tertiary/aromatic N) is 2. The molecule has 0 radical (unpaired) electrons. The fourth-order valence-electron chi connectivity index (χ4n) is 2.57. The van der Waals surface area contributed by atoms with Gasteiger partial charge in [-0.05, 0) is 32.9 Å². The summed E-state index contributed by atoms with van der Waals surface area (Å²) in [7, 11) is 2.07. The van der Waals surface area contributed by atoms with Gasteiger partial charge in [-0.1, -0.05) is 0 Å². The number of hydrogen-bond donors (Lipinski definition) is 1. The van der Waals surface area contributed by atoms with Gasteiger partial charge in [-0.2, -0.15) is 0 Å². The highest BCUT2D eigenvalue weighted by molar-refractivity contribution is 5.79. The van der Waals surface area contributed by atoms with Crippen molar-refractivity contribution in [2.45, 2.75) is 25.4 Å². The van der Waals surface area contributed by atoms with Gasteiger partial charge in [0, 0.05) is 19.6 Å². The highest BCUT2D eigenvalue weighted by atomic mass is 16.3. The van der Waals surface area contributed by atoms with E-state index in [9.17, 15) is 9.90 Å². The zero-order valence-corrected chi connectivity index (χ0v) is 9.35. The number of carbonyl (C=O) groups excluding carboxylic acids is 1. The van der Waals surface area contributed by atoms with Crippen molar-refractivity contribution in [3.8, 4) is 0 Å². The summed E-state index contributed by atoms with van der Waals surface area (Å²) in [6.45, 7) is 3.26. The summed E-state index contributed by atoms with van der Waals surface area (Å²) >= 11 is 0. The molecule has 0 aromatic carbocycles. The number of aliphatic hydroxyl groups is 1. The van der Waals surface area contributed by atoms with Gasteiger partial charge < -0.3 is 14.9 Å². The van der Waals surface area contributed by atoms with Crippen LogP contribution in [0.15, 0.2) is 0 Å². The van der Waals surface area contributed by atoms with Crippen LogP contribution < -0.4 is 0 Å². The minimum Gasteiger partial charge on any atom is -0.391 e. The van der Waals surface area contributed by atoms with Gasteiger partial charge >= 0.3 is 0 Å². The average Bonchev–Trinajstić information content (AvgIpc) is 2.64. The monoisotopic (exact) mass is 212 g/mol. The van der Waals surface area contributed by atoms with Gasteiger partial charge in [0.2, 0.25) is 5.91 Å². The highest BCUT2D eigenvalue weighted by Gasteiger charge is 2.31. The van der Waals surface area contributed by atoms with E-state index < -0.39 is 0 Å². The summed E-state index contributed by atoms with van der Waals surface area (Å²) in [6, 6.07) is 0. The average molecular weight is 212 g/mol. The molecule has 0 bridgehead atoms. The van der Waals surface area contributed by atoms with Crippen molar-refractivity contribution in [2.24, 2.45) is 5.92 Å². The predicted octanol–water partition coefficient (Wildman–Crippen LogP) is -0.0786. The van der Waals surface area contributed by atoms with Crippen molar-refractivity contribution >= 4 is 5.91 Å². The van der Waals surface area contributed by atoms with Crippen molar-refractivity contribution < 1.29 is 9.90 Å². The van der Waals surface area contributed by atoms with Crippen LogP contribution in [0.5, 0.6) is 0 Å².